The smallest absolute Gasteiger partial charge is 0.251 e. The lowest BCUT2D eigenvalue weighted by molar-refractivity contribution is 0.0952. The summed E-state index contributed by atoms with van der Waals surface area (Å²) in [5.41, 5.74) is 4.06. The molecule has 0 aliphatic rings. The van der Waals surface area contributed by atoms with E-state index in [1.807, 2.05) is 47.0 Å². The number of aromatic nitrogens is 2. The number of hydrogen-bond donors (Lipinski definition) is 1. The lowest BCUT2D eigenvalue weighted by Crippen LogP contribution is -2.29. The highest BCUT2D eigenvalue weighted by molar-refractivity contribution is 7.23. The molecule has 2 heterocycles. The molecule has 0 saturated carbocycles. The van der Waals surface area contributed by atoms with Gasteiger partial charge in [-0.15, -0.1) is 0 Å². The third kappa shape index (κ3) is 4.46. The van der Waals surface area contributed by atoms with Gasteiger partial charge in [-0.1, -0.05) is 37.3 Å². The van der Waals surface area contributed by atoms with E-state index in [9.17, 15) is 4.79 Å². The van der Waals surface area contributed by atoms with Gasteiger partial charge in [0, 0.05) is 25.3 Å². The zero-order chi connectivity index (χ0) is 21.8. The molecule has 0 aliphatic carbocycles. The minimum atomic E-state index is -0.0403. The minimum Gasteiger partial charge on any atom is -0.352 e. The van der Waals surface area contributed by atoms with Crippen molar-refractivity contribution in [3.63, 3.8) is 0 Å². The summed E-state index contributed by atoms with van der Waals surface area (Å²) in [5.74, 6) is -0.0403. The molecule has 7 heteroatoms. The van der Waals surface area contributed by atoms with Crippen molar-refractivity contribution in [2.24, 2.45) is 0 Å². The van der Waals surface area contributed by atoms with Crippen LogP contribution in [-0.4, -0.2) is 46.4 Å². The van der Waals surface area contributed by atoms with Gasteiger partial charge in [-0.2, -0.15) is 5.26 Å². The third-order valence-corrected chi connectivity index (χ3v) is 6.49. The van der Waals surface area contributed by atoms with Gasteiger partial charge in [0.1, 0.15) is 0 Å². The van der Waals surface area contributed by atoms with Crippen LogP contribution in [0.5, 0.6) is 0 Å². The van der Waals surface area contributed by atoms with E-state index >= 15 is 0 Å². The summed E-state index contributed by atoms with van der Waals surface area (Å²) < 4.78 is 3.07. The van der Waals surface area contributed by atoms with Gasteiger partial charge in [-0.25, -0.2) is 4.98 Å². The fourth-order valence-electron chi connectivity index (χ4n) is 3.68. The maximum absolute atomic E-state index is 12.6. The van der Waals surface area contributed by atoms with E-state index in [-0.39, 0.29) is 7.33 Å². The highest BCUT2D eigenvalue weighted by Crippen LogP contribution is 2.30. The first kappa shape index (κ1) is 21.0. The Morgan fingerprint density at radius 1 is 1.26 bits per heavy atom. The zero-order valence-electron chi connectivity index (χ0n) is 17.8. The summed E-state index contributed by atoms with van der Waals surface area (Å²) in [6.07, 6.45) is 2.93. The molecule has 1 N–H and O–H groups in total. The van der Waals surface area contributed by atoms with E-state index < -0.39 is 0 Å². The number of carbonyl (C=O) groups excluding carboxylic acids is 1. The van der Waals surface area contributed by atoms with E-state index in [2.05, 4.69) is 30.1 Å². The molecular formula is C24H27N5OS. The first-order chi connectivity index (χ1) is 15.1. The number of amides is 1. The average Bonchev–Trinajstić information content (AvgIpc) is 3.36. The number of hydrogen-bond acceptors (Lipinski definition) is 5. The predicted octanol–water partition coefficient (Wildman–Crippen LogP) is 4.80. The molecule has 2 aromatic heterocycles. The SMILES string of the molecule is CCN(CC)CCCNC(=O)c1ccc2c(c1)sc1nc(-c3cccc(C#N)c3)cn12.[HH]. The molecule has 0 atom stereocenters. The molecule has 1 amide bonds. The van der Waals surface area contributed by atoms with Gasteiger partial charge in [-0.3, -0.25) is 9.20 Å². The second-order valence-electron chi connectivity index (χ2n) is 7.39. The van der Waals surface area contributed by atoms with Crippen molar-refractivity contribution in [1.82, 2.24) is 19.6 Å². The van der Waals surface area contributed by atoms with E-state index in [1.54, 1.807) is 17.4 Å². The van der Waals surface area contributed by atoms with E-state index in [1.165, 1.54) is 0 Å². The van der Waals surface area contributed by atoms with Crippen molar-refractivity contribution in [2.75, 3.05) is 26.2 Å². The van der Waals surface area contributed by atoms with Crippen LogP contribution in [0.25, 0.3) is 26.4 Å². The van der Waals surface area contributed by atoms with Crippen molar-refractivity contribution in [3.8, 4) is 17.3 Å². The van der Waals surface area contributed by atoms with Crippen LogP contribution in [-0.2, 0) is 0 Å². The van der Waals surface area contributed by atoms with Crippen molar-refractivity contribution in [3.05, 3.63) is 59.8 Å². The average molecular weight is 434 g/mol. The van der Waals surface area contributed by atoms with Crippen LogP contribution in [0.15, 0.2) is 48.7 Å². The lowest BCUT2D eigenvalue weighted by Gasteiger charge is -2.17. The summed E-state index contributed by atoms with van der Waals surface area (Å²) in [4.78, 5) is 20.5. The monoisotopic (exact) mass is 433 g/mol. The first-order valence-electron chi connectivity index (χ1n) is 10.6. The Bertz CT molecular complexity index is 1270. The molecule has 2 aromatic carbocycles. The molecular weight excluding hydrogens is 406 g/mol. The second kappa shape index (κ2) is 9.29. The summed E-state index contributed by atoms with van der Waals surface area (Å²) in [7, 11) is 0. The topological polar surface area (TPSA) is 73.4 Å². The summed E-state index contributed by atoms with van der Waals surface area (Å²) in [6.45, 7) is 8.04. The van der Waals surface area contributed by atoms with Crippen LogP contribution in [0.4, 0.5) is 0 Å². The maximum atomic E-state index is 12.6. The Hall–Kier alpha value is -3.21. The molecule has 0 fully saturated rings. The normalized spacial score (nSPS) is 11.3. The number of nitrogens with zero attached hydrogens (tertiary/aromatic N) is 4. The molecule has 4 aromatic rings. The Morgan fingerprint density at radius 3 is 2.87 bits per heavy atom. The van der Waals surface area contributed by atoms with Gasteiger partial charge < -0.3 is 10.2 Å². The first-order valence-corrected chi connectivity index (χ1v) is 11.4. The van der Waals surface area contributed by atoms with Gasteiger partial charge in [0.25, 0.3) is 5.91 Å². The van der Waals surface area contributed by atoms with Crippen molar-refractivity contribution in [1.29, 1.82) is 5.26 Å². The number of benzene rings is 2. The zero-order valence-corrected chi connectivity index (χ0v) is 18.6. The van der Waals surface area contributed by atoms with Crippen LogP contribution < -0.4 is 5.32 Å². The number of rotatable bonds is 8. The molecule has 0 radical (unpaired) electrons. The lowest BCUT2D eigenvalue weighted by atomic mass is 10.1. The van der Waals surface area contributed by atoms with E-state index in [0.29, 0.717) is 17.7 Å². The standard InChI is InChI=1S/C24H25N5OS.H2/c1-3-28(4-2)12-6-11-26-23(30)19-9-10-21-22(14-19)31-24-27-20(16-29(21)24)18-8-5-7-17(13-18)15-25;/h5,7-10,13-14,16H,3-4,6,11-12H2,1-2H3,(H,26,30);1H. The number of thiazole rings is 1. The van der Waals surface area contributed by atoms with Crippen molar-refractivity contribution < 1.29 is 6.22 Å². The number of carbonyl (C=O) groups is 1. The molecule has 0 bridgehead atoms. The molecule has 160 valence electrons. The van der Waals surface area contributed by atoms with Crippen LogP contribution in [0.3, 0.4) is 0 Å². The van der Waals surface area contributed by atoms with Crippen molar-refractivity contribution in [2.45, 2.75) is 20.3 Å². The highest BCUT2D eigenvalue weighted by atomic mass is 32.1. The Labute approximate surface area is 187 Å². The Kier molecular flexibility index (Phi) is 6.31. The van der Waals surface area contributed by atoms with Gasteiger partial charge in [0.05, 0.1) is 27.5 Å². The molecule has 31 heavy (non-hydrogen) atoms. The fraction of sp³-hybridized carbons (Fsp3) is 0.292. The van der Waals surface area contributed by atoms with Crippen LogP contribution in [0.1, 0.15) is 37.6 Å². The largest absolute Gasteiger partial charge is 0.352 e. The van der Waals surface area contributed by atoms with E-state index in [4.69, 9.17) is 10.2 Å². The molecule has 4 rings (SSSR count). The Morgan fingerprint density at radius 2 is 2.10 bits per heavy atom. The highest BCUT2D eigenvalue weighted by Gasteiger charge is 2.13. The van der Waals surface area contributed by atoms with E-state index in [0.717, 1.165) is 52.5 Å². The van der Waals surface area contributed by atoms with Gasteiger partial charge in [0.15, 0.2) is 4.96 Å². The van der Waals surface area contributed by atoms with Crippen LogP contribution in [0, 0.1) is 11.3 Å². The van der Waals surface area contributed by atoms with Gasteiger partial charge >= 0.3 is 0 Å². The molecule has 0 saturated heterocycles. The molecule has 6 nitrogen and oxygen atoms in total. The second-order valence-corrected chi connectivity index (χ2v) is 8.40. The fourth-order valence-corrected chi connectivity index (χ4v) is 4.72. The number of imidazole rings is 1. The van der Waals surface area contributed by atoms with Crippen LogP contribution in [0.2, 0.25) is 0 Å². The quantitative estimate of drug-likeness (QED) is 0.405. The Balaban J connectivity index is 0.00000289. The number of fused-ring (bicyclic) bond motifs is 3. The number of nitriles is 1. The third-order valence-electron chi connectivity index (χ3n) is 5.47. The predicted molar refractivity (Wildman–Crippen MR) is 128 cm³/mol. The van der Waals surface area contributed by atoms with Gasteiger partial charge in [-0.05, 0) is 56.4 Å². The van der Waals surface area contributed by atoms with Crippen molar-refractivity contribution >= 4 is 32.4 Å². The van der Waals surface area contributed by atoms with Gasteiger partial charge in [0.2, 0.25) is 0 Å². The summed E-state index contributed by atoms with van der Waals surface area (Å²) in [6, 6.07) is 15.4. The maximum Gasteiger partial charge on any atom is 0.251 e. The summed E-state index contributed by atoms with van der Waals surface area (Å²) >= 11 is 1.56. The summed E-state index contributed by atoms with van der Waals surface area (Å²) in [5, 5.41) is 12.2. The molecule has 0 unspecified atom stereocenters. The van der Waals surface area contributed by atoms with Crippen LogP contribution >= 0.6 is 11.3 Å². The molecule has 0 aliphatic heterocycles. The number of nitrogens with one attached hydrogen (secondary N) is 1. The molecule has 0 spiro atoms. The minimum absolute atomic E-state index is 0.